The summed E-state index contributed by atoms with van der Waals surface area (Å²) < 4.78 is 28.3. The fourth-order valence-electron chi connectivity index (χ4n) is 1.54. The Balaban J connectivity index is 2.70. The van der Waals surface area contributed by atoms with Crippen LogP contribution in [-0.2, 0) is 25.1 Å². The molecule has 0 bridgehead atoms. The minimum atomic E-state index is -3.35. The molecule has 0 saturated heterocycles. The Morgan fingerprint density at radius 1 is 1.33 bits per heavy atom. The van der Waals surface area contributed by atoms with Gasteiger partial charge < -0.3 is 4.74 Å². The molecule has 1 unspecified atom stereocenters. The SMILES string of the molecule is COC(=O)C(C)CS(=O)(=O)Cc1ccc(Cl)cc1. The van der Waals surface area contributed by atoms with Crippen LogP contribution >= 0.6 is 11.6 Å². The van der Waals surface area contributed by atoms with Gasteiger partial charge in [-0.1, -0.05) is 30.7 Å². The summed E-state index contributed by atoms with van der Waals surface area (Å²) in [5.74, 6) is -1.50. The van der Waals surface area contributed by atoms with Gasteiger partial charge in [0.1, 0.15) is 0 Å². The van der Waals surface area contributed by atoms with Gasteiger partial charge in [-0.25, -0.2) is 8.42 Å². The van der Waals surface area contributed by atoms with Crippen LogP contribution in [-0.4, -0.2) is 27.2 Å². The van der Waals surface area contributed by atoms with E-state index in [1.165, 1.54) is 14.0 Å². The van der Waals surface area contributed by atoms with Crippen molar-refractivity contribution in [1.29, 1.82) is 0 Å². The second kappa shape index (κ2) is 6.20. The van der Waals surface area contributed by atoms with Gasteiger partial charge in [-0.3, -0.25) is 4.79 Å². The van der Waals surface area contributed by atoms with Gasteiger partial charge in [0.15, 0.2) is 9.84 Å². The van der Waals surface area contributed by atoms with E-state index in [-0.39, 0.29) is 11.5 Å². The molecular weight excluding hydrogens is 276 g/mol. The number of esters is 1. The van der Waals surface area contributed by atoms with E-state index in [4.69, 9.17) is 11.6 Å². The second-order valence-electron chi connectivity index (χ2n) is 4.11. The molecule has 100 valence electrons. The third-order valence-corrected chi connectivity index (χ3v) is 4.44. The van der Waals surface area contributed by atoms with E-state index >= 15 is 0 Å². The normalized spacial score (nSPS) is 13.1. The molecule has 0 amide bonds. The summed E-state index contributed by atoms with van der Waals surface area (Å²) in [5, 5.41) is 0.555. The lowest BCUT2D eigenvalue weighted by atomic mass is 10.2. The number of carbonyl (C=O) groups is 1. The summed E-state index contributed by atoms with van der Waals surface area (Å²) in [6.45, 7) is 1.53. The van der Waals surface area contributed by atoms with Gasteiger partial charge in [-0.15, -0.1) is 0 Å². The van der Waals surface area contributed by atoms with Crippen molar-refractivity contribution in [1.82, 2.24) is 0 Å². The number of hydrogen-bond donors (Lipinski definition) is 0. The summed E-state index contributed by atoms with van der Waals surface area (Å²) in [6, 6.07) is 6.58. The summed E-state index contributed by atoms with van der Waals surface area (Å²) in [4.78, 5) is 11.2. The molecule has 4 nitrogen and oxygen atoms in total. The number of ether oxygens (including phenoxy) is 1. The number of sulfone groups is 1. The number of halogens is 1. The van der Waals surface area contributed by atoms with Crippen LogP contribution in [0.25, 0.3) is 0 Å². The molecule has 1 aromatic carbocycles. The minimum absolute atomic E-state index is 0.106. The smallest absolute Gasteiger partial charge is 0.309 e. The van der Waals surface area contributed by atoms with Gasteiger partial charge in [0, 0.05) is 5.02 Å². The highest BCUT2D eigenvalue weighted by Crippen LogP contribution is 2.14. The van der Waals surface area contributed by atoms with E-state index in [2.05, 4.69) is 4.74 Å². The number of hydrogen-bond acceptors (Lipinski definition) is 4. The van der Waals surface area contributed by atoms with Crippen LogP contribution in [0.1, 0.15) is 12.5 Å². The topological polar surface area (TPSA) is 60.4 Å². The van der Waals surface area contributed by atoms with Crippen LogP contribution in [0.4, 0.5) is 0 Å². The zero-order valence-corrected chi connectivity index (χ0v) is 11.8. The highest BCUT2D eigenvalue weighted by atomic mass is 35.5. The fraction of sp³-hybridized carbons (Fsp3) is 0.417. The maximum Gasteiger partial charge on any atom is 0.309 e. The molecule has 1 atom stereocenters. The highest BCUT2D eigenvalue weighted by Gasteiger charge is 2.22. The summed E-state index contributed by atoms with van der Waals surface area (Å²) in [6.07, 6.45) is 0. The first-order chi connectivity index (χ1) is 8.34. The number of methoxy groups -OCH3 is 1. The molecule has 0 aromatic heterocycles. The Labute approximate surface area is 112 Å². The predicted octanol–water partition coefficient (Wildman–Crippen LogP) is 2.06. The monoisotopic (exact) mass is 290 g/mol. The first kappa shape index (κ1) is 15.0. The van der Waals surface area contributed by atoms with Crippen molar-refractivity contribution < 1.29 is 17.9 Å². The fourth-order valence-corrected chi connectivity index (χ4v) is 3.39. The van der Waals surface area contributed by atoms with Crippen molar-refractivity contribution in [3.8, 4) is 0 Å². The lowest BCUT2D eigenvalue weighted by molar-refractivity contribution is -0.144. The van der Waals surface area contributed by atoms with Crippen LogP contribution in [0.3, 0.4) is 0 Å². The Morgan fingerprint density at radius 2 is 1.89 bits per heavy atom. The Morgan fingerprint density at radius 3 is 2.39 bits per heavy atom. The third-order valence-electron chi connectivity index (χ3n) is 2.41. The molecular formula is C12H15ClO4S. The molecule has 1 rings (SSSR count). The minimum Gasteiger partial charge on any atom is -0.469 e. The average Bonchev–Trinajstić information content (AvgIpc) is 2.30. The van der Waals surface area contributed by atoms with E-state index in [1.54, 1.807) is 24.3 Å². The van der Waals surface area contributed by atoms with Gasteiger partial charge >= 0.3 is 5.97 Å². The molecule has 0 saturated carbocycles. The van der Waals surface area contributed by atoms with Gasteiger partial charge in [0.25, 0.3) is 0 Å². The maximum absolute atomic E-state index is 11.9. The van der Waals surface area contributed by atoms with Gasteiger partial charge in [-0.2, -0.15) is 0 Å². The second-order valence-corrected chi connectivity index (χ2v) is 6.65. The van der Waals surface area contributed by atoms with Crippen LogP contribution in [0.2, 0.25) is 5.02 Å². The van der Waals surface area contributed by atoms with Gasteiger partial charge in [0.2, 0.25) is 0 Å². The van der Waals surface area contributed by atoms with E-state index in [1.807, 2.05) is 0 Å². The molecule has 0 N–H and O–H groups in total. The molecule has 18 heavy (non-hydrogen) atoms. The number of rotatable bonds is 5. The lowest BCUT2D eigenvalue weighted by Crippen LogP contribution is -2.23. The van der Waals surface area contributed by atoms with E-state index in [0.717, 1.165) is 0 Å². The zero-order valence-electron chi connectivity index (χ0n) is 10.2. The number of carbonyl (C=O) groups excluding carboxylic acids is 1. The van der Waals surface area contributed by atoms with Crippen molar-refractivity contribution in [2.24, 2.45) is 5.92 Å². The Hall–Kier alpha value is -1.07. The Kier molecular flexibility index (Phi) is 5.16. The van der Waals surface area contributed by atoms with E-state index in [0.29, 0.717) is 10.6 Å². The maximum atomic E-state index is 11.9. The lowest BCUT2D eigenvalue weighted by Gasteiger charge is -2.10. The van der Waals surface area contributed by atoms with Crippen LogP contribution < -0.4 is 0 Å². The van der Waals surface area contributed by atoms with Crippen LogP contribution in [0.5, 0.6) is 0 Å². The first-order valence-corrected chi connectivity index (χ1v) is 7.56. The quantitative estimate of drug-likeness (QED) is 0.779. The third kappa shape index (κ3) is 4.66. The molecule has 0 heterocycles. The van der Waals surface area contributed by atoms with Gasteiger partial charge in [0.05, 0.1) is 24.5 Å². The van der Waals surface area contributed by atoms with Crippen molar-refractivity contribution >= 4 is 27.4 Å². The average molecular weight is 291 g/mol. The molecule has 0 fully saturated rings. The standard InChI is InChI=1S/C12H15ClO4S/c1-9(12(14)17-2)7-18(15,16)8-10-3-5-11(13)6-4-10/h3-6,9H,7-8H2,1-2H3. The molecule has 1 aromatic rings. The largest absolute Gasteiger partial charge is 0.469 e. The zero-order chi connectivity index (χ0) is 13.8. The van der Waals surface area contributed by atoms with E-state index in [9.17, 15) is 13.2 Å². The highest BCUT2D eigenvalue weighted by molar-refractivity contribution is 7.90. The van der Waals surface area contributed by atoms with Crippen molar-refractivity contribution in [2.45, 2.75) is 12.7 Å². The van der Waals surface area contributed by atoms with Crippen molar-refractivity contribution in [2.75, 3.05) is 12.9 Å². The molecule has 0 aliphatic heterocycles. The van der Waals surface area contributed by atoms with Crippen LogP contribution in [0.15, 0.2) is 24.3 Å². The van der Waals surface area contributed by atoms with Gasteiger partial charge in [-0.05, 0) is 17.7 Å². The number of benzene rings is 1. The molecule has 6 heteroatoms. The molecule has 0 aliphatic rings. The molecule has 0 radical (unpaired) electrons. The summed E-state index contributed by atoms with van der Waals surface area (Å²) in [5.41, 5.74) is 0.650. The molecule has 0 aliphatic carbocycles. The van der Waals surface area contributed by atoms with E-state index < -0.39 is 21.7 Å². The molecule has 0 spiro atoms. The van der Waals surface area contributed by atoms with Crippen molar-refractivity contribution in [3.05, 3.63) is 34.9 Å². The van der Waals surface area contributed by atoms with Crippen LogP contribution in [0, 0.1) is 5.92 Å². The summed E-state index contributed by atoms with van der Waals surface area (Å²) in [7, 11) is -2.11. The first-order valence-electron chi connectivity index (χ1n) is 5.37. The van der Waals surface area contributed by atoms with Crippen molar-refractivity contribution in [3.63, 3.8) is 0 Å². The predicted molar refractivity (Wildman–Crippen MR) is 70.1 cm³/mol. The summed E-state index contributed by atoms with van der Waals surface area (Å²) >= 11 is 5.72. The Bertz CT molecular complexity index is 507.